The summed E-state index contributed by atoms with van der Waals surface area (Å²) in [6.07, 6.45) is 0. The van der Waals surface area contributed by atoms with Gasteiger partial charge in [0, 0.05) is 0 Å². The number of quaternary nitrogens is 1. The topological polar surface area (TPSA) is 18.5 Å². The smallest absolute Gasteiger partial charge is 0.762 e. The van der Waals surface area contributed by atoms with Crippen molar-refractivity contribution in [3.05, 3.63) is 0 Å². The van der Waals surface area contributed by atoms with Crippen molar-refractivity contribution in [3.63, 3.8) is 0 Å². The lowest BCUT2D eigenvalue weighted by Gasteiger charge is -2.35. The zero-order valence-corrected chi connectivity index (χ0v) is 8.30. The average molecular weight is 231 g/mol. The molecule has 2 heterocycles. The van der Waals surface area contributed by atoms with Gasteiger partial charge in [-0.05, 0) is 0 Å². The van der Waals surface area contributed by atoms with Crippen molar-refractivity contribution < 1.29 is 31.6 Å². The first-order valence-corrected chi connectivity index (χ1v) is 4.57. The van der Waals surface area contributed by atoms with Gasteiger partial charge in [0.25, 0.3) is 0 Å². The maximum atomic E-state index is 9.67. The standard InChI is InChI=1S/C7H14NO2.BF3.FH/c1-4-9-5-2-8(1)3-6-10-7-8;2-1(3)4;/h1-7H2;;1H/q+1;;/p-1. The number of halogens is 4. The Balaban J connectivity index is 0.000000346. The third-order valence-corrected chi connectivity index (χ3v) is 2.50. The molecule has 2 saturated heterocycles. The molecule has 0 aromatic heterocycles. The first-order chi connectivity index (χ1) is 6.65. The molecular weight excluding hydrogens is 217 g/mol. The second-order valence-corrected chi connectivity index (χ2v) is 3.41. The molecule has 0 unspecified atom stereocenters. The van der Waals surface area contributed by atoms with Crippen molar-refractivity contribution in [1.29, 1.82) is 0 Å². The predicted molar refractivity (Wildman–Crippen MR) is 45.6 cm³/mol. The number of ether oxygens (including phenoxy) is 2. The van der Waals surface area contributed by atoms with Gasteiger partial charge in [-0.3, -0.25) is 17.4 Å². The van der Waals surface area contributed by atoms with Gasteiger partial charge in [0.2, 0.25) is 0 Å². The van der Waals surface area contributed by atoms with Gasteiger partial charge < -0.3 is 14.2 Å². The van der Waals surface area contributed by atoms with E-state index < -0.39 is 7.54 Å². The summed E-state index contributed by atoms with van der Waals surface area (Å²) in [6.45, 7) is 7.21. The highest BCUT2D eigenvalue weighted by Crippen LogP contribution is 2.15. The van der Waals surface area contributed by atoms with Crippen LogP contribution in [0.5, 0.6) is 0 Å². The highest BCUT2D eigenvalue weighted by Gasteiger charge is 2.34. The van der Waals surface area contributed by atoms with E-state index in [1.807, 2.05) is 0 Å². The average Bonchev–Trinajstić information content (AvgIpc) is 2.54. The summed E-state index contributed by atoms with van der Waals surface area (Å²) in [5.74, 6) is 0. The molecule has 0 bridgehead atoms. The third kappa shape index (κ3) is 5.34. The van der Waals surface area contributed by atoms with Crippen LogP contribution in [0.3, 0.4) is 0 Å². The second kappa shape index (κ2) is 7.02. The zero-order valence-electron chi connectivity index (χ0n) is 8.30. The Morgan fingerprint density at radius 1 is 0.867 bits per heavy atom. The molecule has 0 amide bonds. The minimum atomic E-state index is -3.67. The molecule has 2 aliphatic rings. The molecule has 15 heavy (non-hydrogen) atoms. The summed E-state index contributed by atoms with van der Waals surface area (Å²) in [5.41, 5.74) is 0. The quantitative estimate of drug-likeness (QED) is 0.265. The van der Waals surface area contributed by atoms with E-state index >= 15 is 0 Å². The molecule has 0 aliphatic carbocycles. The molecule has 0 aromatic rings. The van der Waals surface area contributed by atoms with E-state index in [1.165, 1.54) is 6.54 Å². The lowest BCUT2D eigenvalue weighted by Crippen LogP contribution is -3.00. The molecule has 0 saturated carbocycles. The molecule has 90 valence electrons. The molecule has 0 N–H and O–H groups in total. The van der Waals surface area contributed by atoms with Gasteiger partial charge in [0.1, 0.15) is 26.2 Å². The maximum absolute atomic E-state index is 9.67. The van der Waals surface area contributed by atoms with E-state index in [1.54, 1.807) is 0 Å². The van der Waals surface area contributed by atoms with Crippen molar-refractivity contribution in [2.75, 3.05) is 46.2 Å². The third-order valence-electron chi connectivity index (χ3n) is 2.50. The zero-order chi connectivity index (χ0) is 10.4. The van der Waals surface area contributed by atoms with Gasteiger partial charge in [-0.15, -0.1) is 0 Å². The van der Waals surface area contributed by atoms with Crippen molar-refractivity contribution >= 4 is 7.54 Å². The number of hydrogen-bond acceptors (Lipinski definition) is 2. The van der Waals surface area contributed by atoms with Crippen LogP contribution in [0.2, 0.25) is 0 Å². The lowest BCUT2D eigenvalue weighted by atomic mass is 10.3. The summed E-state index contributed by atoms with van der Waals surface area (Å²) >= 11 is 0. The summed E-state index contributed by atoms with van der Waals surface area (Å²) in [4.78, 5) is 0. The van der Waals surface area contributed by atoms with Crippen LogP contribution >= 0.6 is 0 Å². The van der Waals surface area contributed by atoms with Crippen LogP contribution in [0.15, 0.2) is 0 Å². The SMILES string of the molecule is C1C[N+]2(CCO1)CCOC2.FB(F)F.[F-]. The fourth-order valence-corrected chi connectivity index (χ4v) is 1.66. The second-order valence-electron chi connectivity index (χ2n) is 3.41. The van der Waals surface area contributed by atoms with E-state index in [4.69, 9.17) is 9.47 Å². The van der Waals surface area contributed by atoms with E-state index in [0.29, 0.717) is 0 Å². The lowest BCUT2D eigenvalue weighted by molar-refractivity contribution is -0.932. The van der Waals surface area contributed by atoms with Crippen molar-refractivity contribution in [2.45, 2.75) is 0 Å². The first kappa shape index (κ1) is 14.7. The van der Waals surface area contributed by atoms with Crippen LogP contribution in [-0.4, -0.2) is 58.2 Å². The van der Waals surface area contributed by atoms with Gasteiger partial charge in [0.15, 0.2) is 6.73 Å². The molecular formula is C7H14BF4NO2. The van der Waals surface area contributed by atoms with Crippen LogP contribution in [0.4, 0.5) is 12.9 Å². The maximum Gasteiger partial charge on any atom is 0.762 e. The highest BCUT2D eigenvalue weighted by atomic mass is 19.4. The Hall–Kier alpha value is -0.335. The van der Waals surface area contributed by atoms with Gasteiger partial charge in [0.05, 0.1) is 13.2 Å². The summed E-state index contributed by atoms with van der Waals surface area (Å²) in [6, 6.07) is 0. The number of rotatable bonds is 0. The summed E-state index contributed by atoms with van der Waals surface area (Å²) in [7, 11) is -3.67. The van der Waals surface area contributed by atoms with Crippen LogP contribution in [-0.2, 0) is 9.47 Å². The van der Waals surface area contributed by atoms with Crippen LogP contribution < -0.4 is 4.70 Å². The Labute approximate surface area is 86.3 Å². The normalized spacial score (nSPS) is 22.6. The first-order valence-electron chi connectivity index (χ1n) is 4.57. The molecule has 8 heteroatoms. The molecule has 0 atom stereocenters. The Bertz CT molecular complexity index is 158. The molecule has 2 aliphatic heterocycles. The van der Waals surface area contributed by atoms with E-state index in [0.717, 1.165) is 44.1 Å². The molecule has 0 radical (unpaired) electrons. The molecule has 1 spiro atoms. The van der Waals surface area contributed by atoms with Crippen LogP contribution in [0.25, 0.3) is 0 Å². The van der Waals surface area contributed by atoms with Gasteiger partial charge in [-0.2, -0.15) is 0 Å². The van der Waals surface area contributed by atoms with Gasteiger partial charge >= 0.3 is 7.54 Å². The monoisotopic (exact) mass is 231 g/mol. The largest absolute Gasteiger partial charge is 1.00 e. The summed E-state index contributed by atoms with van der Waals surface area (Å²) < 4.78 is 40.8. The van der Waals surface area contributed by atoms with Crippen LogP contribution in [0, 0.1) is 0 Å². The van der Waals surface area contributed by atoms with Crippen LogP contribution in [0.1, 0.15) is 0 Å². The highest BCUT2D eigenvalue weighted by molar-refractivity contribution is 6.33. The molecule has 0 aromatic carbocycles. The Morgan fingerprint density at radius 2 is 1.27 bits per heavy atom. The fourth-order valence-electron chi connectivity index (χ4n) is 1.66. The van der Waals surface area contributed by atoms with Gasteiger partial charge in [-0.1, -0.05) is 0 Å². The van der Waals surface area contributed by atoms with Crippen molar-refractivity contribution in [3.8, 4) is 0 Å². The predicted octanol–water partition coefficient (Wildman–Crippen LogP) is -2.30. The fraction of sp³-hybridized carbons (Fsp3) is 1.00. The van der Waals surface area contributed by atoms with Crippen molar-refractivity contribution in [2.24, 2.45) is 0 Å². The Kier molecular flexibility index (Phi) is 6.87. The minimum Gasteiger partial charge on any atom is -1.00 e. The number of nitrogens with zero attached hydrogens (tertiary/aromatic N) is 1. The number of hydrogen-bond donors (Lipinski definition) is 0. The van der Waals surface area contributed by atoms with E-state index in [2.05, 4.69) is 0 Å². The molecule has 3 nitrogen and oxygen atoms in total. The molecule has 2 rings (SSSR count). The van der Waals surface area contributed by atoms with Gasteiger partial charge in [-0.25, -0.2) is 0 Å². The van der Waals surface area contributed by atoms with E-state index in [-0.39, 0.29) is 4.70 Å². The van der Waals surface area contributed by atoms with E-state index in [9.17, 15) is 12.9 Å². The Morgan fingerprint density at radius 3 is 1.60 bits per heavy atom. The summed E-state index contributed by atoms with van der Waals surface area (Å²) in [5, 5.41) is 0. The molecule has 2 fully saturated rings. The minimum absolute atomic E-state index is 0. The number of morpholine rings is 1. The van der Waals surface area contributed by atoms with Crippen molar-refractivity contribution in [1.82, 2.24) is 0 Å².